The van der Waals surface area contributed by atoms with Crippen molar-refractivity contribution >= 4 is 0 Å². The second kappa shape index (κ2) is 4.83. The Labute approximate surface area is 95.3 Å². The minimum absolute atomic E-state index is 0.219. The molecular formula is C9H8F3N5. The second-order valence-electron chi connectivity index (χ2n) is 3.46. The Bertz CT molecular complexity index is 423. The van der Waals surface area contributed by atoms with E-state index in [9.17, 15) is 13.2 Å². The van der Waals surface area contributed by atoms with Crippen LogP contribution in [-0.4, -0.2) is 26.5 Å². The van der Waals surface area contributed by atoms with Crippen molar-refractivity contribution in [3.8, 4) is 6.07 Å². The first kappa shape index (κ1) is 13.0. The number of nitriles is 1. The Morgan fingerprint density at radius 1 is 1.41 bits per heavy atom. The van der Waals surface area contributed by atoms with Crippen LogP contribution in [0.25, 0.3) is 4.85 Å². The van der Waals surface area contributed by atoms with Crippen LogP contribution >= 0.6 is 0 Å². The van der Waals surface area contributed by atoms with E-state index in [0.717, 1.165) is 0 Å². The Kier molecular flexibility index (Phi) is 3.69. The molecule has 5 nitrogen and oxygen atoms in total. The van der Waals surface area contributed by atoms with E-state index in [0.29, 0.717) is 0 Å². The molecule has 1 rings (SSSR count). The largest absolute Gasteiger partial charge is 0.389 e. The summed E-state index contributed by atoms with van der Waals surface area (Å²) in [6.07, 6.45) is -3.68. The van der Waals surface area contributed by atoms with Crippen molar-refractivity contribution in [2.45, 2.75) is 31.1 Å². The molecule has 0 saturated carbocycles. The molecule has 0 aliphatic carbocycles. The zero-order valence-electron chi connectivity index (χ0n) is 8.65. The first-order valence-corrected chi connectivity index (χ1v) is 4.60. The molecule has 1 unspecified atom stereocenters. The molecule has 1 atom stereocenters. The average Bonchev–Trinajstić information content (AvgIpc) is 2.76. The number of nitrogens with zero attached hydrogens (tertiary/aromatic N) is 5. The summed E-state index contributed by atoms with van der Waals surface area (Å²) in [5, 5.41) is 12.6. The van der Waals surface area contributed by atoms with Gasteiger partial charge in [0.2, 0.25) is 0 Å². The van der Waals surface area contributed by atoms with E-state index < -0.39 is 24.6 Å². The van der Waals surface area contributed by atoms with Gasteiger partial charge in [-0.2, -0.15) is 23.5 Å². The third-order valence-corrected chi connectivity index (χ3v) is 2.13. The van der Waals surface area contributed by atoms with Gasteiger partial charge in [-0.15, -0.1) is 0 Å². The van der Waals surface area contributed by atoms with Crippen LogP contribution in [0.2, 0.25) is 0 Å². The summed E-state index contributed by atoms with van der Waals surface area (Å²) in [4.78, 5) is 6.62. The van der Waals surface area contributed by atoms with Gasteiger partial charge in [0.15, 0.2) is 6.07 Å². The number of hydrogen-bond acceptors (Lipinski definition) is 3. The van der Waals surface area contributed by atoms with Gasteiger partial charge in [-0.25, -0.2) is 16.2 Å². The molecule has 0 aliphatic rings. The zero-order valence-corrected chi connectivity index (χ0v) is 8.65. The maximum atomic E-state index is 12.1. The lowest BCUT2D eigenvalue weighted by molar-refractivity contribution is -0.137. The van der Waals surface area contributed by atoms with Gasteiger partial charge in [-0.3, -0.25) is 4.85 Å². The molecule has 0 saturated heterocycles. The van der Waals surface area contributed by atoms with Gasteiger partial charge >= 0.3 is 11.7 Å². The molecule has 0 spiro atoms. The smallest absolute Gasteiger partial charge is 0.292 e. The summed E-state index contributed by atoms with van der Waals surface area (Å²) in [6.45, 7) is 6.67. The van der Waals surface area contributed by atoms with Crippen LogP contribution in [0.5, 0.6) is 0 Å². The van der Waals surface area contributed by atoms with Crippen LogP contribution in [0.4, 0.5) is 13.2 Å². The summed E-state index contributed by atoms with van der Waals surface area (Å²) >= 11 is 0. The van der Waals surface area contributed by atoms with Crippen LogP contribution < -0.4 is 0 Å². The Balaban J connectivity index is 2.77. The molecule has 0 aromatic carbocycles. The average molecular weight is 243 g/mol. The lowest BCUT2D eigenvalue weighted by Gasteiger charge is -2.15. The van der Waals surface area contributed by atoms with Crippen molar-refractivity contribution in [2.24, 2.45) is 0 Å². The number of rotatable bonds is 4. The third kappa shape index (κ3) is 3.76. The van der Waals surface area contributed by atoms with E-state index in [4.69, 9.17) is 11.8 Å². The molecule has 17 heavy (non-hydrogen) atoms. The van der Waals surface area contributed by atoms with E-state index in [1.54, 1.807) is 6.07 Å². The van der Waals surface area contributed by atoms with E-state index in [1.165, 1.54) is 17.3 Å². The Morgan fingerprint density at radius 2 is 2.12 bits per heavy atom. The van der Waals surface area contributed by atoms with Gasteiger partial charge in [-0.1, -0.05) is 0 Å². The monoisotopic (exact) mass is 243 g/mol. The zero-order chi connectivity index (χ0) is 12.9. The minimum atomic E-state index is -4.38. The molecule has 0 radical (unpaired) electrons. The van der Waals surface area contributed by atoms with Gasteiger partial charge in [-0.05, 0) is 0 Å². The fourth-order valence-corrected chi connectivity index (χ4v) is 1.22. The predicted octanol–water partition coefficient (Wildman–Crippen LogP) is 1.80. The summed E-state index contributed by atoms with van der Waals surface area (Å²) in [7, 11) is 0. The van der Waals surface area contributed by atoms with Crippen LogP contribution in [0.15, 0.2) is 12.7 Å². The maximum absolute atomic E-state index is 12.1. The lowest BCUT2D eigenvalue weighted by Crippen LogP contribution is -2.31. The van der Waals surface area contributed by atoms with Gasteiger partial charge in [0.1, 0.15) is 19.2 Å². The molecule has 90 valence electrons. The molecule has 0 N–H and O–H groups in total. The van der Waals surface area contributed by atoms with Crippen LogP contribution in [0, 0.1) is 17.9 Å². The first-order valence-electron chi connectivity index (χ1n) is 4.60. The predicted molar refractivity (Wildman–Crippen MR) is 50.3 cm³/mol. The summed E-state index contributed by atoms with van der Waals surface area (Å²) < 4.78 is 37.4. The summed E-state index contributed by atoms with van der Waals surface area (Å²) in [5.74, 6) is 0. The topological polar surface area (TPSA) is 58.9 Å². The molecule has 0 fully saturated rings. The molecule has 0 bridgehead atoms. The molecule has 0 amide bonds. The Hall–Kier alpha value is -2.09. The molecule has 0 aliphatic heterocycles. The van der Waals surface area contributed by atoms with E-state index in [2.05, 4.69) is 14.9 Å². The van der Waals surface area contributed by atoms with Crippen molar-refractivity contribution in [1.29, 1.82) is 5.26 Å². The maximum Gasteiger partial charge on any atom is 0.389 e. The highest BCUT2D eigenvalue weighted by molar-refractivity contribution is 5.15. The third-order valence-electron chi connectivity index (χ3n) is 2.13. The van der Waals surface area contributed by atoms with Gasteiger partial charge in [0, 0.05) is 0 Å². The fraction of sp³-hybridized carbons (Fsp3) is 0.556. The minimum Gasteiger partial charge on any atom is -0.292 e. The first-order chi connectivity index (χ1) is 7.91. The van der Waals surface area contributed by atoms with Crippen LogP contribution in [0.1, 0.15) is 12.8 Å². The SMILES string of the molecule is [C-]#[N+]C(C#N)(CCC(F)(F)F)Cn1cncn1. The summed E-state index contributed by atoms with van der Waals surface area (Å²) in [5.41, 5.74) is -1.75. The highest BCUT2D eigenvalue weighted by atomic mass is 19.4. The number of alkyl halides is 3. The molecule has 1 heterocycles. The van der Waals surface area contributed by atoms with Crippen LogP contribution in [-0.2, 0) is 6.54 Å². The molecule has 8 heteroatoms. The van der Waals surface area contributed by atoms with Crippen molar-refractivity contribution in [1.82, 2.24) is 14.8 Å². The van der Waals surface area contributed by atoms with Crippen molar-refractivity contribution in [3.63, 3.8) is 0 Å². The van der Waals surface area contributed by atoms with Gasteiger partial charge in [0.05, 0.1) is 12.8 Å². The quantitative estimate of drug-likeness (QED) is 0.757. The van der Waals surface area contributed by atoms with E-state index in [-0.39, 0.29) is 6.54 Å². The standard InChI is InChI=1S/C9H8F3N5/c1-14-8(4-13,2-3-9(10,11)12)5-17-7-15-6-16-17/h6-7H,2-3,5H2. The van der Waals surface area contributed by atoms with E-state index in [1.807, 2.05) is 0 Å². The van der Waals surface area contributed by atoms with Gasteiger partial charge < -0.3 is 0 Å². The highest BCUT2D eigenvalue weighted by Crippen LogP contribution is 2.28. The van der Waals surface area contributed by atoms with Crippen molar-refractivity contribution < 1.29 is 13.2 Å². The van der Waals surface area contributed by atoms with Crippen LogP contribution in [0.3, 0.4) is 0 Å². The summed E-state index contributed by atoms with van der Waals surface area (Å²) in [6, 6.07) is 1.63. The normalized spacial score (nSPS) is 14.6. The Morgan fingerprint density at radius 3 is 2.53 bits per heavy atom. The number of aromatic nitrogens is 3. The second-order valence-corrected chi connectivity index (χ2v) is 3.46. The van der Waals surface area contributed by atoms with E-state index >= 15 is 0 Å². The highest BCUT2D eigenvalue weighted by Gasteiger charge is 2.42. The van der Waals surface area contributed by atoms with Crippen molar-refractivity contribution in [3.05, 3.63) is 24.1 Å². The molecule has 1 aromatic heterocycles. The number of hydrogen-bond donors (Lipinski definition) is 0. The molecule has 1 aromatic rings. The number of halogens is 3. The fourth-order valence-electron chi connectivity index (χ4n) is 1.22. The molecular weight excluding hydrogens is 235 g/mol. The van der Waals surface area contributed by atoms with Gasteiger partial charge in [0.25, 0.3) is 0 Å². The lowest BCUT2D eigenvalue weighted by atomic mass is 9.96. The van der Waals surface area contributed by atoms with Crippen molar-refractivity contribution in [2.75, 3.05) is 0 Å².